The lowest BCUT2D eigenvalue weighted by atomic mass is 9.84. The van der Waals surface area contributed by atoms with Gasteiger partial charge in [0.1, 0.15) is 11.9 Å². The molecule has 1 atom stereocenters. The number of carbonyl (C=O) groups is 2. The van der Waals surface area contributed by atoms with Crippen molar-refractivity contribution >= 4 is 39.8 Å². The van der Waals surface area contributed by atoms with E-state index in [1.54, 1.807) is 6.20 Å². The van der Waals surface area contributed by atoms with Crippen LogP contribution < -0.4 is 10.9 Å². The second-order valence-electron chi connectivity index (χ2n) is 7.74. The number of anilines is 1. The fourth-order valence-electron chi connectivity index (χ4n) is 4.02. The van der Waals surface area contributed by atoms with Crippen LogP contribution in [0.25, 0.3) is 10.9 Å². The number of nitrogens with zero attached hydrogens (tertiary/aromatic N) is 3. The van der Waals surface area contributed by atoms with Gasteiger partial charge in [-0.3, -0.25) is 19.0 Å². The normalized spacial score (nSPS) is 14.9. The Bertz CT molecular complexity index is 1140. The maximum Gasteiger partial charge on any atom is 0.290 e. The molecule has 1 aliphatic carbocycles. The number of nitrogens with one attached hydrogen (secondary N) is 1. The lowest BCUT2D eigenvalue weighted by Gasteiger charge is -2.27. The summed E-state index contributed by atoms with van der Waals surface area (Å²) in [6.45, 7) is 1.67. The zero-order chi connectivity index (χ0) is 23.1. The molecule has 0 saturated heterocycles. The van der Waals surface area contributed by atoms with E-state index in [4.69, 9.17) is 9.90 Å². The van der Waals surface area contributed by atoms with Crippen molar-refractivity contribution < 1.29 is 19.1 Å². The number of halogens is 1. The summed E-state index contributed by atoms with van der Waals surface area (Å²) < 4.78 is 15.1. The molecule has 0 bridgehead atoms. The third kappa shape index (κ3) is 5.76. The molecule has 170 valence electrons. The van der Waals surface area contributed by atoms with Crippen molar-refractivity contribution in [2.75, 3.05) is 5.32 Å². The van der Waals surface area contributed by atoms with Gasteiger partial charge in [0.05, 0.1) is 17.2 Å². The summed E-state index contributed by atoms with van der Waals surface area (Å²) in [4.78, 5) is 44.1. The van der Waals surface area contributed by atoms with Crippen molar-refractivity contribution in [3.05, 3.63) is 51.8 Å². The fraction of sp³-hybridized carbons (Fsp3) is 0.409. The predicted octanol–water partition coefficient (Wildman–Crippen LogP) is 4.15. The molecule has 1 unspecified atom stereocenters. The Labute approximate surface area is 188 Å². The molecular weight excluding hydrogens is 435 g/mol. The lowest BCUT2D eigenvalue weighted by molar-refractivity contribution is -0.123. The van der Waals surface area contributed by atoms with Gasteiger partial charge in [-0.2, -0.15) is 0 Å². The molecule has 1 amide bonds. The number of amides is 1. The topological polar surface area (TPSA) is 114 Å². The van der Waals surface area contributed by atoms with Gasteiger partial charge in [0.25, 0.3) is 12.0 Å². The second-order valence-corrected chi connectivity index (χ2v) is 8.98. The molecule has 8 nitrogen and oxygen atoms in total. The van der Waals surface area contributed by atoms with E-state index in [1.807, 2.05) is 6.92 Å². The minimum atomic E-state index is -0.713. The minimum absolute atomic E-state index is 0.180. The second kappa shape index (κ2) is 10.9. The third-order valence-electron chi connectivity index (χ3n) is 5.52. The van der Waals surface area contributed by atoms with Gasteiger partial charge >= 0.3 is 0 Å². The van der Waals surface area contributed by atoms with Crippen LogP contribution in [0.1, 0.15) is 49.4 Å². The average Bonchev–Trinajstić information content (AvgIpc) is 3.19. The molecule has 3 aromatic rings. The van der Waals surface area contributed by atoms with Crippen LogP contribution in [0, 0.1) is 18.7 Å². The van der Waals surface area contributed by atoms with Gasteiger partial charge in [-0.15, -0.1) is 11.3 Å². The molecule has 2 N–H and O–H groups in total. The Balaban J connectivity index is 0.000000913. The number of aromatic nitrogens is 3. The Kier molecular flexibility index (Phi) is 8.04. The monoisotopic (exact) mass is 460 g/mol. The largest absolute Gasteiger partial charge is 0.483 e. The van der Waals surface area contributed by atoms with E-state index in [9.17, 15) is 14.0 Å². The summed E-state index contributed by atoms with van der Waals surface area (Å²) in [5.74, 6) is -0.419. The van der Waals surface area contributed by atoms with Crippen LogP contribution in [-0.4, -0.2) is 32.0 Å². The van der Waals surface area contributed by atoms with Crippen LogP contribution in [0.3, 0.4) is 0 Å². The zero-order valence-corrected chi connectivity index (χ0v) is 18.5. The fourth-order valence-corrected chi connectivity index (χ4v) is 4.68. The van der Waals surface area contributed by atoms with Crippen molar-refractivity contribution in [3.63, 3.8) is 0 Å². The molecule has 0 spiro atoms. The van der Waals surface area contributed by atoms with Gasteiger partial charge in [-0.1, -0.05) is 32.1 Å². The molecule has 1 aromatic carbocycles. The highest BCUT2D eigenvalue weighted by Crippen LogP contribution is 2.31. The molecule has 2 aromatic heterocycles. The highest BCUT2D eigenvalue weighted by Gasteiger charge is 2.28. The summed E-state index contributed by atoms with van der Waals surface area (Å²) in [7, 11) is 0. The van der Waals surface area contributed by atoms with Crippen molar-refractivity contribution in [1.82, 2.24) is 14.5 Å². The maximum atomic E-state index is 13.7. The van der Waals surface area contributed by atoms with E-state index in [-0.39, 0.29) is 17.8 Å². The summed E-state index contributed by atoms with van der Waals surface area (Å²) in [6, 6.07) is 3.22. The van der Waals surface area contributed by atoms with E-state index >= 15 is 0 Å². The SMILES string of the molecule is Cc1cnc(NC(=O)C(CC2CCCCC2)n2cnc3ccc(F)cc3c2=O)s1.O=CO. The van der Waals surface area contributed by atoms with E-state index in [2.05, 4.69) is 15.3 Å². The first kappa shape index (κ1) is 23.5. The number of fused-ring (bicyclic) bond motifs is 1. The highest BCUT2D eigenvalue weighted by molar-refractivity contribution is 7.15. The molecule has 1 saturated carbocycles. The summed E-state index contributed by atoms with van der Waals surface area (Å²) in [6.07, 6.45) is 9.24. The zero-order valence-electron chi connectivity index (χ0n) is 17.7. The molecular formula is C22H25FN4O4S. The summed E-state index contributed by atoms with van der Waals surface area (Å²) >= 11 is 1.39. The number of rotatable bonds is 5. The number of benzene rings is 1. The number of thiazole rings is 1. The summed E-state index contributed by atoms with van der Waals surface area (Å²) in [5.41, 5.74) is 0.0146. The Morgan fingerprint density at radius 1 is 1.34 bits per heavy atom. The van der Waals surface area contributed by atoms with Gasteiger partial charge in [-0.25, -0.2) is 14.4 Å². The Morgan fingerprint density at radius 3 is 2.72 bits per heavy atom. The van der Waals surface area contributed by atoms with Gasteiger partial charge in [-0.05, 0) is 37.5 Å². The highest BCUT2D eigenvalue weighted by atomic mass is 32.1. The molecule has 10 heteroatoms. The van der Waals surface area contributed by atoms with Gasteiger partial charge < -0.3 is 10.4 Å². The standard InChI is InChI=1S/C21H23FN4O2S.CH2O2/c1-13-11-23-21(29-13)25-19(27)18(9-14-5-3-2-4-6-14)26-12-24-17-8-7-15(22)10-16(17)20(26)28;2-1-3/h7-8,10-12,14,18H,2-6,9H2,1H3,(H,23,25,27);1H,(H,2,3). The minimum Gasteiger partial charge on any atom is -0.483 e. The molecule has 2 heterocycles. The Hall–Kier alpha value is -3.14. The molecule has 0 aliphatic heterocycles. The van der Waals surface area contributed by atoms with E-state index in [0.717, 1.165) is 30.6 Å². The maximum absolute atomic E-state index is 13.7. The first-order valence-electron chi connectivity index (χ1n) is 10.4. The number of hydrogen-bond donors (Lipinski definition) is 2. The Morgan fingerprint density at radius 2 is 2.06 bits per heavy atom. The van der Waals surface area contributed by atoms with Crippen LogP contribution in [0.15, 0.2) is 35.5 Å². The van der Waals surface area contributed by atoms with Crippen LogP contribution in [0.4, 0.5) is 9.52 Å². The van der Waals surface area contributed by atoms with Crippen LogP contribution in [-0.2, 0) is 9.59 Å². The van der Waals surface area contributed by atoms with Gasteiger partial charge in [0, 0.05) is 11.1 Å². The number of carboxylic acid groups (broad SMARTS) is 1. The lowest BCUT2D eigenvalue weighted by Crippen LogP contribution is -2.35. The first-order valence-corrected chi connectivity index (χ1v) is 11.2. The average molecular weight is 461 g/mol. The number of hydrogen-bond acceptors (Lipinski definition) is 6. The van der Waals surface area contributed by atoms with Gasteiger partial charge in [0.15, 0.2) is 5.13 Å². The van der Waals surface area contributed by atoms with Crippen LogP contribution in [0.5, 0.6) is 0 Å². The van der Waals surface area contributed by atoms with E-state index in [1.165, 1.54) is 46.9 Å². The van der Waals surface area contributed by atoms with Gasteiger partial charge in [0.2, 0.25) is 5.91 Å². The summed E-state index contributed by atoms with van der Waals surface area (Å²) in [5, 5.41) is 10.4. The van der Waals surface area contributed by atoms with Crippen molar-refractivity contribution in [3.8, 4) is 0 Å². The van der Waals surface area contributed by atoms with Crippen molar-refractivity contribution in [1.29, 1.82) is 0 Å². The van der Waals surface area contributed by atoms with Crippen LogP contribution >= 0.6 is 11.3 Å². The number of carbonyl (C=O) groups excluding carboxylic acids is 1. The molecule has 1 fully saturated rings. The predicted molar refractivity (Wildman–Crippen MR) is 120 cm³/mol. The quantitative estimate of drug-likeness (QED) is 0.553. The van der Waals surface area contributed by atoms with E-state index in [0.29, 0.717) is 23.0 Å². The molecule has 4 rings (SSSR count). The molecule has 1 aliphatic rings. The smallest absolute Gasteiger partial charge is 0.290 e. The molecule has 32 heavy (non-hydrogen) atoms. The third-order valence-corrected chi connectivity index (χ3v) is 6.34. The number of aryl methyl sites for hydroxylation is 1. The first-order chi connectivity index (χ1) is 15.4. The van der Waals surface area contributed by atoms with E-state index < -0.39 is 17.4 Å². The van der Waals surface area contributed by atoms with Crippen molar-refractivity contribution in [2.24, 2.45) is 5.92 Å². The van der Waals surface area contributed by atoms with Crippen LogP contribution in [0.2, 0.25) is 0 Å². The van der Waals surface area contributed by atoms with Crippen molar-refractivity contribution in [2.45, 2.75) is 51.5 Å². The molecule has 0 radical (unpaired) electrons.